The van der Waals surface area contributed by atoms with E-state index in [1.807, 2.05) is 24.3 Å². The monoisotopic (exact) mass is 390 g/mol. The number of hydrogen-bond acceptors (Lipinski definition) is 5. The first kappa shape index (κ1) is 16.5. The van der Waals surface area contributed by atoms with Crippen molar-refractivity contribution in [2.45, 2.75) is 12.8 Å². The van der Waals surface area contributed by atoms with Gasteiger partial charge >= 0.3 is 6.03 Å². The Morgan fingerprint density at radius 2 is 2.25 bits per heavy atom. The number of urea groups is 1. The molecule has 2 amide bonds. The predicted molar refractivity (Wildman–Crippen MR) is 99.0 cm³/mol. The maximum absolute atomic E-state index is 12.2. The average molecular weight is 391 g/mol. The van der Waals surface area contributed by atoms with Crippen molar-refractivity contribution in [1.82, 2.24) is 15.3 Å². The molecule has 8 heteroatoms. The summed E-state index contributed by atoms with van der Waals surface area (Å²) in [6.45, 7) is 1.42. The van der Waals surface area contributed by atoms with Gasteiger partial charge in [0.25, 0.3) is 0 Å². The average Bonchev–Trinajstić information content (AvgIpc) is 2.60. The summed E-state index contributed by atoms with van der Waals surface area (Å²) in [6.07, 6.45) is 3.53. The normalized spacial score (nSPS) is 14.3. The van der Waals surface area contributed by atoms with Crippen molar-refractivity contribution in [1.29, 1.82) is 0 Å². The lowest BCUT2D eigenvalue weighted by Crippen LogP contribution is -2.39. The van der Waals surface area contributed by atoms with Gasteiger partial charge in [0, 0.05) is 37.7 Å². The maximum atomic E-state index is 12.2. The summed E-state index contributed by atoms with van der Waals surface area (Å²) in [4.78, 5) is 22.7. The zero-order chi connectivity index (χ0) is 16.9. The van der Waals surface area contributed by atoms with Crippen LogP contribution in [0.5, 0.6) is 0 Å². The molecule has 0 fully saturated rings. The second-order valence-corrected chi connectivity index (χ2v) is 6.26. The van der Waals surface area contributed by atoms with Crippen LogP contribution in [0.4, 0.5) is 27.9 Å². The number of rotatable bonds is 0. The smallest absolute Gasteiger partial charge is 0.321 e. The van der Waals surface area contributed by atoms with E-state index in [9.17, 15) is 4.79 Å². The molecule has 0 atom stereocenters. The number of nitrogens with zero attached hydrogens (tertiary/aromatic N) is 3. The molecule has 1 aromatic carbocycles. The molecule has 1 aliphatic heterocycles. The van der Waals surface area contributed by atoms with Crippen molar-refractivity contribution < 1.29 is 4.79 Å². The zero-order valence-electron chi connectivity index (χ0n) is 13.3. The van der Waals surface area contributed by atoms with E-state index in [1.54, 1.807) is 18.1 Å². The quantitative estimate of drug-likeness (QED) is 0.642. The van der Waals surface area contributed by atoms with Gasteiger partial charge in [-0.1, -0.05) is 6.07 Å². The second kappa shape index (κ2) is 7.48. The molecule has 1 aromatic heterocycles. The summed E-state index contributed by atoms with van der Waals surface area (Å²) in [5, 5.41) is 9.19. The van der Waals surface area contributed by atoms with Crippen molar-refractivity contribution in [2.75, 3.05) is 35.7 Å². The van der Waals surface area contributed by atoms with Crippen LogP contribution in [-0.4, -0.2) is 36.1 Å². The molecule has 0 spiro atoms. The number of anilines is 4. The Morgan fingerprint density at radius 3 is 3.08 bits per heavy atom. The van der Waals surface area contributed by atoms with E-state index in [1.165, 1.54) is 0 Å². The fourth-order valence-corrected chi connectivity index (χ4v) is 2.85. The molecular formula is C16H19BrN6O. The van der Waals surface area contributed by atoms with Gasteiger partial charge in [-0.15, -0.1) is 0 Å². The van der Waals surface area contributed by atoms with Crippen molar-refractivity contribution in [3.05, 3.63) is 34.9 Å². The van der Waals surface area contributed by atoms with E-state index in [-0.39, 0.29) is 6.03 Å². The third kappa shape index (κ3) is 3.76. The van der Waals surface area contributed by atoms with Gasteiger partial charge in [0.2, 0.25) is 5.95 Å². The van der Waals surface area contributed by atoms with Crippen molar-refractivity contribution in [3.63, 3.8) is 0 Å². The van der Waals surface area contributed by atoms with Crippen LogP contribution < -0.4 is 20.9 Å². The Morgan fingerprint density at radius 1 is 1.38 bits per heavy atom. The number of benzene rings is 1. The third-order valence-corrected chi connectivity index (χ3v) is 4.30. The van der Waals surface area contributed by atoms with E-state index in [4.69, 9.17) is 0 Å². The van der Waals surface area contributed by atoms with Gasteiger partial charge in [-0.25, -0.2) is 9.78 Å². The minimum absolute atomic E-state index is 0.116. The summed E-state index contributed by atoms with van der Waals surface area (Å²) < 4.78 is 0.823. The molecule has 24 heavy (non-hydrogen) atoms. The van der Waals surface area contributed by atoms with E-state index in [0.29, 0.717) is 12.5 Å². The van der Waals surface area contributed by atoms with Gasteiger partial charge in [-0.3, -0.25) is 4.90 Å². The molecule has 0 saturated carbocycles. The molecular weight excluding hydrogens is 372 g/mol. The van der Waals surface area contributed by atoms with Gasteiger partial charge < -0.3 is 16.0 Å². The van der Waals surface area contributed by atoms with Gasteiger partial charge in [0.15, 0.2) is 0 Å². The fraction of sp³-hybridized carbons (Fsp3) is 0.312. The number of carbonyl (C=O) groups excluding carboxylic acids is 1. The highest BCUT2D eigenvalue weighted by atomic mass is 79.9. The molecule has 0 saturated heterocycles. The Hall–Kier alpha value is -2.35. The number of aromatic nitrogens is 2. The highest BCUT2D eigenvalue weighted by Gasteiger charge is 2.15. The summed E-state index contributed by atoms with van der Waals surface area (Å²) in [6, 6.07) is 7.56. The molecule has 3 rings (SSSR count). The first-order valence-corrected chi connectivity index (χ1v) is 8.59. The van der Waals surface area contributed by atoms with E-state index < -0.39 is 0 Å². The van der Waals surface area contributed by atoms with Crippen LogP contribution in [0.2, 0.25) is 0 Å². The Labute approximate surface area is 149 Å². The molecule has 4 bridgehead atoms. The number of amides is 2. The largest absolute Gasteiger partial charge is 0.369 e. The van der Waals surface area contributed by atoms with Crippen LogP contribution in [0.3, 0.4) is 0 Å². The topological polar surface area (TPSA) is 82.2 Å². The van der Waals surface area contributed by atoms with Crippen LogP contribution in [0.25, 0.3) is 0 Å². The van der Waals surface area contributed by atoms with Crippen LogP contribution >= 0.6 is 15.9 Å². The number of halogens is 1. The van der Waals surface area contributed by atoms with Crippen LogP contribution in [0, 0.1) is 0 Å². The van der Waals surface area contributed by atoms with Gasteiger partial charge in [0.05, 0.1) is 4.47 Å². The van der Waals surface area contributed by atoms with Gasteiger partial charge in [0.1, 0.15) is 5.82 Å². The lowest BCUT2D eigenvalue weighted by Gasteiger charge is -2.23. The standard InChI is InChI=1S/C16H19BrN6O/c1-18-16(24)23-8-3-2-7-19-14-13(17)10-20-15(22-14)21-11-5-4-6-12(23)9-11/h4-6,9-10H,2-3,7-8H2,1H3,(H,18,24)(H2,19,20,21,22). The van der Waals surface area contributed by atoms with Crippen molar-refractivity contribution in [2.24, 2.45) is 0 Å². The summed E-state index contributed by atoms with van der Waals surface area (Å²) in [5.74, 6) is 1.26. The van der Waals surface area contributed by atoms with Gasteiger partial charge in [-0.2, -0.15) is 4.98 Å². The van der Waals surface area contributed by atoms with E-state index in [2.05, 4.69) is 41.8 Å². The molecule has 0 aliphatic carbocycles. The summed E-state index contributed by atoms with van der Waals surface area (Å²) in [5.41, 5.74) is 1.66. The Kier molecular flexibility index (Phi) is 5.14. The first-order valence-electron chi connectivity index (χ1n) is 7.80. The molecule has 7 nitrogen and oxygen atoms in total. The zero-order valence-corrected chi connectivity index (χ0v) is 14.9. The van der Waals surface area contributed by atoms with Crippen LogP contribution in [0.15, 0.2) is 34.9 Å². The van der Waals surface area contributed by atoms with Gasteiger partial charge in [-0.05, 0) is 47.0 Å². The number of nitrogens with one attached hydrogen (secondary N) is 3. The molecule has 2 aromatic rings. The first-order chi connectivity index (χ1) is 11.7. The highest BCUT2D eigenvalue weighted by molar-refractivity contribution is 9.10. The molecule has 1 aliphatic rings. The molecule has 3 N–H and O–H groups in total. The van der Waals surface area contributed by atoms with Crippen molar-refractivity contribution in [3.8, 4) is 0 Å². The lowest BCUT2D eigenvalue weighted by atomic mass is 10.2. The lowest BCUT2D eigenvalue weighted by molar-refractivity contribution is 0.248. The molecule has 2 heterocycles. The SMILES string of the molecule is CNC(=O)N1CCCCNc2nc(ncc2Br)Nc2cccc1c2. The number of carbonyl (C=O) groups is 1. The molecule has 126 valence electrons. The fourth-order valence-electron chi connectivity index (χ4n) is 2.52. The summed E-state index contributed by atoms with van der Waals surface area (Å²) >= 11 is 3.46. The molecule has 0 unspecified atom stereocenters. The highest BCUT2D eigenvalue weighted by Crippen LogP contribution is 2.25. The number of hydrogen-bond donors (Lipinski definition) is 3. The minimum Gasteiger partial charge on any atom is -0.369 e. The minimum atomic E-state index is -0.116. The van der Waals surface area contributed by atoms with E-state index >= 15 is 0 Å². The summed E-state index contributed by atoms with van der Waals surface area (Å²) in [7, 11) is 1.64. The van der Waals surface area contributed by atoms with E-state index in [0.717, 1.165) is 41.1 Å². The number of fused-ring (bicyclic) bond motifs is 4. The molecule has 0 radical (unpaired) electrons. The second-order valence-electron chi connectivity index (χ2n) is 5.41. The Balaban J connectivity index is 1.96. The van der Waals surface area contributed by atoms with Crippen LogP contribution in [-0.2, 0) is 0 Å². The maximum Gasteiger partial charge on any atom is 0.321 e. The Bertz CT molecular complexity index is 738. The van der Waals surface area contributed by atoms with Crippen LogP contribution in [0.1, 0.15) is 12.8 Å². The predicted octanol–water partition coefficient (Wildman–Crippen LogP) is 3.33. The van der Waals surface area contributed by atoms with Crippen molar-refractivity contribution >= 4 is 45.1 Å². The third-order valence-electron chi connectivity index (χ3n) is 3.72.